The Morgan fingerprint density at radius 2 is 1.78 bits per heavy atom. The van der Waals surface area contributed by atoms with Gasteiger partial charge in [0.1, 0.15) is 0 Å². The Bertz CT molecular complexity index is 458. The number of rotatable bonds is 3. The SMILES string of the molecule is c1ccc(CC2CCCCC2c2cccs2)cc1. The molecule has 0 aliphatic heterocycles. The van der Waals surface area contributed by atoms with Gasteiger partial charge in [-0.25, -0.2) is 0 Å². The molecule has 0 saturated heterocycles. The van der Waals surface area contributed by atoms with Gasteiger partial charge < -0.3 is 0 Å². The van der Waals surface area contributed by atoms with E-state index in [-0.39, 0.29) is 0 Å². The van der Waals surface area contributed by atoms with Crippen LogP contribution in [-0.4, -0.2) is 0 Å². The first-order valence-electron chi connectivity index (χ1n) is 7.01. The summed E-state index contributed by atoms with van der Waals surface area (Å²) in [6, 6.07) is 15.5. The van der Waals surface area contributed by atoms with Crippen molar-refractivity contribution < 1.29 is 0 Å². The lowest BCUT2D eigenvalue weighted by Crippen LogP contribution is -2.19. The van der Waals surface area contributed by atoms with Gasteiger partial charge in [0.25, 0.3) is 0 Å². The van der Waals surface area contributed by atoms with Crippen LogP contribution in [0.1, 0.15) is 42.0 Å². The summed E-state index contributed by atoms with van der Waals surface area (Å²) in [5, 5.41) is 2.23. The molecule has 1 heterocycles. The number of hydrogen-bond donors (Lipinski definition) is 0. The minimum absolute atomic E-state index is 0.805. The van der Waals surface area contributed by atoms with Gasteiger partial charge in [-0.1, -0.05) is 49.2 Å². The van der Waals surface area contributed by atoms with Crippen LogP contribution in [-0.2, 0) is 6.42 Å². The van der Waals surface area contributed by atoms with Crippen molar-refractivity contribution >= 4 is 11.3 Å². The Hall–Kier alpha value is -1.08. The Balaban J connectivity index is 1.76. The first-order valence-corrected chi connectivity index (χ1v) is 7.89. The van der Waals surface area contributed by atoms with Gasteiger partial charge in [0.2, 0.25) is 0 Å². The lowest BCUT2D eigenvalue weighted by molar-refractivity contribution is 0.309. The summed E-state index contributed by atoms with van der Waals surface area (Å²) in [7, 11) is 0. The number of thiophene rings is 1. The molecule has 2 unspecified atom stereocenters. The first-order chi connectivity index (χ1) is 8.93. The van der Waals surface area contributed by atoms with E-state index in [0.29, 0.717) is 0 Å². The molecule has 1 aromatic heterocycles. The molecule has 1 heteroatoms. The van der Waals surface area contributed by atoms with Gasteiger partial charge in [0, 0.05) is 4.88 Å². The molecular formula is C17H20S. The van der Waals surface area contributed by atoms with Gasteiger partial charge >= 0.3 is 0 Å². The molecule has 0 bridgehead atoms. The summed E-state index contributed by atoms with van der Waals surface area (Å²) in [6.07, 6.45) is 6.87. The van der Waals surface area contributed by atoms with E-state index in [1.807, 2.05) is 11.3 Å². The van der Waals surface area contributed by atoms with Crippen LogP contribution in [0.15, 0.2) is 47.8 Å². The van der Waals surface area contributed by atoms with Crippen molar-refractivity contribution in [3.8, 4) is 0 Å². The minimum Gasteiger partial charge on any atom is -0.149 e. The van der Waals surface area contributed by atoms with Crippen LogP contribution >= 0.6 is 11.3 Å². The Kier molecular flexibility index (Phi) is 3.80. The van der Waals surface area contributed by atoms with Crippen LogP contribution in [0.2, 0.25) is 0 Å². The molecular weight excluding hydrogens is 236 g/mol. The van der Waals surface area contributed by atoms with E-state index in [0.717, 1.165) is 11.8 Å². The average Bonchev–Trinajstić information content (AvgIpc) is 2.94. The first kappa shape index (κ1) is 12.0. The van der Waals surface area contributed by atoms with Crippen molar-refractivity contribution in [2.75, 3.05) is 0 Å². The van der Waals surface area contributed by atoms with Crippen molar-refractivity contribution in [2.45, 2.75) is 38.0 Å². The Morgan fingerprint density at radius 3 is 2.56 bits per heavy atom. The van der Waals surface area contributed by atoms with Crippen molar-refractivity contribution in [1.29, 1.82) is 0 Å². The molecule has 1 aliphatic carbocycles. The van der Waals surface area contributed by atoms with Crippen LogP contribution < -0.4 is 0 Å². The Labute approximate surface area is 114 Å². The summed E-state index contributed by atoms with van der Waals surface area (Å²) in [5.41, 5.74) is 1.51. The quantitative estimate of drug-likeness (QED) is 0.702. The molecule has 1 aliphatic rings. The fourth-order valence-corrected chi connectivity index (χ4v) is 4.20. The summed E-state index contributed by atoms with van der Waals surface area (Å²) >= 11 is 1.94. The zero-order valence-electron chi connectivity index (χ0n) is 10.7. The monoisotopic (exact) mass is 256 g/mol. The molecule has 18 heavy (non-hydrogen) atoms. The molecule has 3 rings (SSSR count). The molecule has 0 spiro atoms. The summed E-state index contributed by atoms with van der Waals surface area (Å²) in [4.78, 5) is 1.61. The molecule has 94 valence electrons. The van der Waals surface area contributed by atoms with Crippen molar-refractivity contribution in [2.24, 2.45) is 5.92 Å². The molecule has 2 atom stereocenters. The maximum atomic E-state index is 2.33. The molecule has 1 aromatic carbocycles. The van der Waals surface area contributed by atoms with Gasteiger partial charge in [0.05, 0.1) is 0 Å². The molecule has 0 amide bonds. The fourth-order valence-electron chi connectivity index (χ4n) is 3.25. The van der Waals surface area contributed by atoms with Crippen LogP contribution in [0.5, 0.6) is 0 Å². The summed E-state index contributed by atoms with van der Waals surface area (Å²) in [5.74, 6) is 1.65. The second kappa shape index (κ2) is 5.71. The molecule has 1 fully saturated rings. The van der Waals surface area contributed by atoms with Crippen molar-refractivity contribution in [1.82, 2.24) is 0 Å². The lowest BCUT2D eigenvalue weighted by atomic mass is 9.75. The Morgan fingerprint density at radius 1 is 0.944 bits per heavy atom. The van der Waals surface area contributed by atoms with Gasteiger partial charge in [-0.05, 0) is 48.1 Å². The fraction of sp³-hybridized carbons (Fsp3) is 0.412. The number of hydrogen-bond acceptors (Lipinski definition) is 1. The van der Waals surface area contributed by atoms with E-state index >= 15 is 0 Å². The van der Waals surface area contributed by atoms with Crippen LogP contribution in [0.25, 0.3) is 0 Å². The van der Waals surface area contributed by atoms with E-state index in [4.69, 9.17) is 0 Å². The third-order valence-electron chi connectivity index (χ3n) is 4.16. The standard InChI is InChI=1S/C17H20S/c1-2-7-14(8-3-1)13-15-9-4-5-10-16(15)17-11-6-12-18-17/h1-3,6-8,11-12,15-16H,4-5,9-10,13H2. The normalized spacial score (nSPS) is 24.0. The highest BCUT2D eigenvalue weighted by Gasteiger charge is 2.27. The molecule has 0 N–H and O–H groups in total. The van der Waals surface area contributed by atoms with E-state index in [1.54, 1.807) is 4.88 Å². The number of benzene rings is 1. The van der Waals surface area contributed by atoms with E-state index in [2.05, 4.69) is 47.8 Å². The van der Waals surface area contributed by atoms with Gasteiger partial charge in [-0.15, -0.1) is 11.3 Å². The van der Waals surface area contributed by atoms with Crippen molar-refractivity contribution in [3.05, 3.63) is 58.3 Å². The van der Waals surface area contributed by atoms with Gasteiger partial charge in [-0.2, -0.15) is 0 Å². The van der Waals surface area contributed by atoms with Crippen LogP contribution in [0.4, 0.5) is 0 Å². The van der Waals surface area contributed by atoms with Crippen LogP contribution in [0, 0.1) is 5.92 Å². The van der Waals surface area contributed by atoms with E-state index in [1.165, 1.54) is 37.7 Å². The van der Waals surface area contributed by atoms with Gasteiger partial charge in [-0.3, -0.25) is 0 Å². The highest BCUT2D eigenvalue weighted by atomic mass is 32.1. The van der Waals surface area contributed by atoms with E-state index in [9.17, 15) is 0 Å². The maximum absolute atomic E-state index is 2.33. The van der Waals surface area contributed by atoms with Crippen LogP contribution in [0.3, 0.4) is 0 Å². The second-order valence-corrected chi connectivity index (χ2v) is 6.34. The minimum atomic E-state index is 0.805. The molecule has 1 saturated carbocycles. The lowest BCUT2D eigenvalue weighted by Gasteiger charge is -2.31. The second-order valence-electron chi connectivity index (χ2n) is 5.36. The maximum Gasteiger partial charge on any atom is 0.00790 e. The van der Waals surface area contributed by atoms with Crippen molar-refractivity contribution in [3.63, 3.8) is 0 Å². The predicted octanol–water partition coefficient (Wildman–Crippen LogP) is 5.26. The summed E-state index contributed by atoms with van der Waals surface area (Å²) < 4.78 is 0. The highest BCUT2D eigenvalue weighted by molar-refractivity contribution is 7.10. The topological polar surface area (TPSA) is 0 Å². The van der Waals surface area contributed by atoms with Gasteiger partial charge in [0.15, 0.2) is 0 Å². The predicted molar refractivity (Wildman–Crippen MR) is 79.2 cm³/mol. The smallest absolute Gasteiger partial charge is 0.00790 e. The third-order valence-corrected chi connectivity index (χ3v) is 5.16. The average molecular weight is 256 g/mol. The summed E-state index contributed by atoms with van der Waals surface area (Å²) in [6.45, 7) is 0. The zero-order valence-corrected chi connectivity index (χ0v) is 11.5. The largest absolute Gasteiger partial charge is 0.149 e. The third kappa shape index (κ3) is 2.67. The molecule has 2 aromatic rings. The molecule has 0 radical (unpaired) electrons. The molecule has 0 nitrogen and oxygen atoms in total. The zero-order chi connectivity index (χ0) is 12.2. The van der Waals surface area contributed by atoms with E-state index < -0.39 is 0 Å². The highest BCUT2D eigenvalue weighted by Crippen LogP contribution is 2.41.